The maximum absolute atomic E-state index is 13.6. The normalized spacial score (nSPS) is 16.3. The highest BCUT2D eigenvalue weighted by Gasteiger charge is 2.33. The number of methoxy groups -OCH3 is 1. The van der Waals surface area contributed by atoms with Crippen molar-refractivity contribution in [3.63, 3.8) is 0 Å². The molecule has 1 aliphatic heterocycles. The summed E-state index contributed by atoms with van der Waals surface area (Å²) < 4.78 is 65.1. The zero-order chi connectivity index (χ0) is 26.0. The van der Waals surface area contributed by atoms with Crippen LogP contribution >= 0.6 is 0 Å². The summed E-state index contributed by atoms with van der Waals surface area (Å²) in [6.45, 7) is 4.27. The first-order chi connectivity index (χ1) is 17.1. The molecule has 0 spiro atoms. The second-order valence-corrected chi connectivity index (χ2v) is 9.12. The number of ether oxygens (including phenoxy) is 2. The van der Waals surface area contributed by atoms with E-state index in [4.69, 9.17) is 9.47 Å². The van der Waals surface area contributed by atoms with E-state index in [0.29, 0.717) is 34.4 Å². The van der Waals surface area contributed by atoms with Crippen molar-refractivity contribution in [1.82, 2.24) is 4.90 Å². The van der Waals surface area contributed by atoms with Crippen molar-refractivity contribution in [1.29, 1.82) is 0 Å². The smallest absolute Gasteiger partial charge is 0.416 e. The van der Waals surface area contributed by atoms with E-state index in [-0.39, 0.29) is 19.0 Å². The Balaban J connectivity index is 1.67. The van der Waals surface area contributed by atoms with Crippen LogP contribution in [-0.2, 0) is 17.5 Å². The Morgan fingerprint density at radius 3 is 2.36 bits per heavy atom. The summed E-state index contributed by atoms with van der Waals surface area (Å²) in [5.74, 6) is 0.336. The van der Waals surface area contributed by atoms with E-state index >= 15 is 0 Å². The minimum absolute atomic E-state index is 0.0662. The van der Waals surface area contributed by atoms with E-state index in [1.807, 2.05) is 26.0 Å². The van der Waals surface area contributed by atoms with Crippen LogP contribution in [0.5, 0.6) is 5.75 Å². The van der Waals surface area contributed by atoms with Crippen LogP contribution in [-0.4, -0.2) is 24.6 Å². The van der Waals surface area contributed by atoms with Crippen molar-refractivity contribution in [3.8, 4) is 16.9 Å². The van der Waals surface area contributed by atoms with Gasteiger partial charge in [-0.1, -0.05) is 38.1 Å². The quantitative estimate of drug-likeness (QED) is 0.325. The van der Waals surface area contributed by atoms with Crippen LogP contribution in [0.15, 0.2) is 60.7 Å². The summed E-state index contributed by atoms with van der Waals surface area (Å²) in [6, 6.07) is 14.9. The van der Waals surface area contributed by atoms with Crippen molar-refractivity contribution < 1.29 is 31.8 Å². The monoisotopic (exact) mass is 501 g/mol. The van der Waals surface area contributed by atoms with Crippen LogP contribution in [0.1, 0.15) is 54.5 Å². The lowest BCUT2D eigenvalue weighted by Gasteiger charge is -2.32. The topological polar surface area (TPSA) is 38.8 Å². The van der Waals surface area contributed by atoms with Gasteiger partial charge in [0.15, 0.2) is 0 Å². The minimum Gasteiger partial charge on any atom is -0.496 e. The Kier molecular flexibility index (Phi) is 7.24. The molecule has 0 saturated carbocycles. The summed E-state index contributed by atoms with van der Waals surface area (Å²) in [7, 11) is 1.51. The van der Waals surface area contributed by atoms with Gasteiger partial charge in [-0.05, 0) is 64.6 Å². The Morgan fingerprint density at radius 2 is 1.75 bits per heavy atom. The first kappa shape index (κ1) is 25.5. The van der Waals surface area contributed by atoms with Crippen molar-refractivity contribution in [2.75, 3.05) is 13.7 Å². The predicted octanol–water partition coefficient (Wildman–Crippen LogP) is 7.73. The SMILES string of the molecule is COc1ccc(C(C)C)cc1-c1ccc(C(F)(F)F)cc1CN1CC[C@@H](c2ccc(F)cc2)OC1=O. The van der Waals surface area contributed by atoms with E-state index in [1.54, 1.807) is 18.2 Å². The van der Waals surface area contributed by atoms with E-state index in [1.165, 1.54) is 30.2 Å². The van der Waals surface area contributed by atoms with Gasteiger partial charge in [-0.15, -0.1) is 0 Å². The van der Waals surface area contributed by atoms with E-state index in [2.05, 4.69) is 0 Å². The molecule has 1 fully saturated rings. The zero-order valence-corrected chi connectivity index (χ0v) is 20.2. The molecular weight excluding hydrogens is 474 g/mol. The minimum atomic E-state index is -4.53. The van der Waals surface area contributed by atoms with Gasteiger partial charge in [0.05, 0.1) is 12.7 Å². The Morgan fingerprint density at radius 1 is 1.03 bits per heavy atom. The molecule has 0 unspecified atom stereocenters. The molecule has 1 amide bonds. The number of cyclic esters (lactones) is 1. The first-order valence-corrected chi connectivity index (χ1v) is 11.7. The van der Waals surface area contributed by atoms with Crippen LogP contribution in [0.2, 0.25) is 0 Å². The Bertz CT molecular complexity index is 1240. The maximum atomic E-state index is 13.6. The van der Waals surface area contributed by atoms with E-state index in [9.17, 15) is 22.4 Å². The first-order valence-electron chi connectivity index (χ1n) is 11.7. The van der Waals surface area contributed by atoms with Gasteiger partial charge >= 0.3 is 12.3 Å². The average molecular weight is 502 g/mol. The Labute approximate surface area is 207 Å². The molecule has 4 nitrogen and oxygen atoms in total. The number of carbonyl (C=O) groups excluding carboxylic acids is 1. The summed E-state index contributed by atoms with van der Waals surface area (Å²) in [5, 5.41) is 0. The molecule has 4 rings (SSSR count). The number of carbonyl (C=O) groups is 1. The summed E-state index contributed by atoms with van der Waals surface area (Å²) >= 11 is 0. The van der Waals surface area contributed by atoms with Gasteiger partial charge in [-0.25, -0.2) is 9.18 Å². The highest BCUT2D eigenvalue weighted by molar-refractivity contribution is 5.76. The predicted molar refractivity (Wildman–Crippen MR) is 128 cm³/mol. The van der Waals surface area contributed by atoms with Crippen LogP contribution < -0.4 is 4.74 Å². The van der Waals surface area contributed by atoms with Crippen LogP contribution in [0, 0.1) is 5.82 Å². The fourth-order valence-electron chi connectivity index (χ4n) is 4.34. The van der Waals surface area contributed by atoms with Gasteiger partial charge < -0.3 is 14.4 Å². The van der Waals surface area contributed by atoms with E-state index in [0.717, 1.165) is 17.7 Å². The molecule has 3 aromatic rings. The van der Waals surface area contributed by atoms with Gasteiger partial charge in [0.1, 0.15) is 17.7 Å². The number of nitrogens with zero attached hydrogens (tertiary/aromatic N) is 1. The second kappa shape index (κ2) is 10.2. The molecule has 0 radical (unpaired) electrons. The van der Waals surface area contributed by atoms with Crippen LogP contribution in [0.3, 0.4) is 0 Å². The van der Waals surface area contributed by atoms with Crippen LogP contribution in [0.4, 0.5) is 22.4 Å². The van der Waals surface area contributed by atoms with Gasteiger partial charge in [-0.3, -0.25) is 0 Å². The number of alkyl halides is 3. The molecule has 0 aliphatic carbocycles. The summed E-state index contributed by atoms with van der Waals surface area (Å²) in [4.78, 5) is 14.2. The summed E-state index contributed by atoms with van der Waals surface area (Å²) in [5.41, 5.74) is 2.42. The lowest BCUT2D eigenvalue weighted by Crippen LogP contribution is -2.38. The van der Waals surface area contributed by atoms with Crippen molar-refractivity contribution in [2.45, 2.75) is 45.0 Å². The van der Waals surface area contributed by atoms with Gasteiger partial charge in [0.2, 0.25) is 0 Å². The number of hydrogen-bond acceptors (Lipinski definition) is 3. The van der Waals surface area contributed by atoms with Gasteiger partial charge in [0, 0.05) is 25.1 Å². The summed E-state index contributed by atoms with van der Waals surface area (Å²) in [6.07, 6.45) is -5.29. The maximum Gasteiger partial charge on any atom is 0.416 e. The van der Waals surface area contributed by atoms with Crippen molar-refractivity contribution >= 4 is 6.09 Å². The fraction of sp³-hybridized carbons (Fsp3) is 0.321. The fourth-order valence-corrected chi connectivity index (χ4v) is 4.34. The molecule has 1 atom stereocenters. The molecule has 1 aliphatic rings. The second-order valence-electron chi connectivity index (χ2n) is 9.12. The molecular formula is C28H27F4NO3. The molecule has 0 bridgehead atoms. The molecule has 36 heavy (non-hydrogen) atoms. The highest BCUT2D eigenvalue weighted by atomic mass is 19.4. The van der Waals surface area contributed by atoms with Crippen molar-refractivity contribution in [2.24, 2.45) is 0 Å². The number of amides is 1. The van der Waals surface area contributed by atoms with E-state index < -0.39 is 29.8 Å². The number of halogens is 4. The largest absolute Gasteiger partial charge is 0.496 e. The molecule has 8 heteroatoms. The number of rotatable bonds is 6. The lowest BCUT2D eigenvalue weighted by molar-refractivity contribution is -0.137. The van der Waals surface area contributed by atoms with Crippen LogP contribution in [0.25, 0.3) is 11.1 Å². The standard InChI is InChI=1S/C28H27F4NO3/c1-17(2)19-6-11-26(35-3)24(15-19)23-10-7-21(28(30,31)32)14-20(23)16-33-13-12-25(36-27(33)34)18-4-8-22(29)9-5-18/h4-11,14-15,17,25H,12-13,16H2,1-3H3/t25-/m0/s1. The van der Waals surface area contributed by atoms with Gasteiger partial charge in [0.25, 0.3) is 0 Å². The number of benzene rings is 3. The highest BCUT2D eigenvalue weighted by Crippen LogP contribution is 2.39. The molecule has 1 heterocycles. The third kappa shape index (κ3) is 5.48. The zero-order valence-electron chi connectivity index (χ0n) is 20.2. The molecule has 1 saturated heterocycles. The number of hydrogen-bond donors (Lipinski definition) is 0. The lowest BCUT2D eigenvalue weighted by atomic mass is 9.92. The molecule has 0 N–H and O–H groups in total. The molecule has 190 valence electrons. The molecule has 0 aromatic heterocycles. The van der Waals surface area contributed by atoms with Gasteiger partial charge in [-0.2, -0.15) is 13.2 Å². The van der Waals surface area contributed by atoms with Crippen molar-refractivity contribution in [3.05, 3.63) is 88.7 Å². The average Bonchev–Trinajstić information content (AvgIpc) is 2.84. The Hall–Kier alpha value is -3.55. The molecule has 3 aromatic carbocycles. The third-order valence-corrected chi connectivity index (χ3v) is 6.38. The third-order valence-electron chi connectivity index (χ3n) is 6.38.